The summed E-state index contributed by atoms with van der Waals surface area (Å²) < 4.78 is 5.80. The van der Waals surface area contributed by atoms with Crippen molar-refractivity contribution in [2.24, 2.45) is 11.7 Å². The van der Waals surface area contributed by atoms with Gasteiger partial charge in [-0.25, -0.2) is 0 Å². The zero-order valence-electron chi connectivity index (χ0n) is 16.4. The van der Waals surface area contributed by atoms with E-state index in [2.05, 4.69) is 37.8 Å². The van der Waals surface area contributed by atoms with Gasteiger partial charge >= 0.3 is 0 Å². The summed E-state index contributed by atoms with van der Waals surface area (Å²) in [5.41, 5.74) is 7.95. The fraction of sp³-hybridized carbons (Fsp3) is 0.667. The first-order valence-corrected chi connectivity index (χ1v) is 9.95. The van der Waals surface area contributed by atoms with Crippen molar-refractivity contribution in [3.63, 3.8) is 0 Å². The summed E-state index contributed by atoms with van der Waals surface area (Å²) in [6, 6.07) is 8.27. The van der Waals surface area contributed by atoms with Gasteiger partial charge in [-0.05, 0) is 50.3 Å². The molecule has 5 nitrogen and oxygen atoms in total. The highest BCUT2D eigenvalue weighted by atomic mass is 16.5. The molecule has 2 N–H and O–H groups in total. The van der Waals surface area contributed by atoms with Crippen LogP contribution < -0.4 is 5.73 Å². The van der Waals surface area contributed by atoms with Crippen molar-refractivity contribution in [3.05, 3.63) is 35.4 Å². The second-order valence-electron chi connectivity index (χ2n) is 8.07. The molecule has 5 heteroatoms. The summed E-state index contributed by atoms with van der Waals surface area (Å²) in [6.45, 7) is 10.6. The van der Waals surface area contributed by atoms with Crippen molar-refractivity contribution in [2.75, 3.05) is 26.2 Å². The van der Waals surface area contributed by atoms with Gasteiger partial charge in [0, 0.05) is 44.3 Å². The van der Waals surface area contributed by atoms with E-state index in [0.29, 0.717) is 12.5 Å². The lowest BCUT2D eigenvalue weighted by molar-refractivity contribution is -0.0704. The minimum Gasteiger partial charge on any atom is -0.373 e. The van der Waals surface area contributed by atoms with Crippen LogP contribution in [0.15, 0.2) is 24.3 Å². The van der Waals surface area contributed by atoms with Crippen molar-refractivity contribution < 1.29 is 9.53 Å². The number of carbonyl (C=O) groups is 1. The number of rotatable bonds is 4. The summed E-state index contributed by atoms with van der Waals surface area (Å²) in [5.74, 6) is 0.592. The Morgan fingerprint density at radius 2 is 1.81 bits per heavy atom. The summed E-state index contributed by atoms with van der Waals surface area (Å²) in [5, 5.41) is 0. The number of morpholine rings is 1. The Morgan fingerprint density at radius 1 is 1.15 bits per heavy atom. The van der Waals surface area contributed by atoms with Gasteiger partial charge in [0.1, 0.15) is 0 Å². The monoisotopic (exact) mass is 359 g/mol. The molecule has 2 heterocycles. The van der Waals surface area contributed by atoms with Crippen LogP contribution >= 0.6 is 0 Å². The minimum atomic E-state index is 0.118. The predicted octanol–water partition coefficient (Wildman–Crippen LogP) is 2.50. The Kier molecular flexibility index (Phi) is 6.33. The van der Waals surface area contributed by atoms with Crippen molar-refractivity contribution in [3.8, 4) is 0 Å². The maximum absolute atomic E-state index is 12.9. The molecule has 0 bridgehead atoms. The number of ether oxygens (including phenoxy) is 1. The maximum atomic E-state index is 12.9. The van der Waals surface area contributed by atoms with Crippen LogP contribution in [0.25, 0.3) is 0 Å². The third-order valence-electron chi connectivity index (χ3n) is 5.72. The first-order chi connectivity index (χ1) is 12.5. The van der Waals surface area contributed by atoms with Crippen LogP contribution in [0.5, 0.6) is 0 Å². The molecule has 3 rings (SSSR count). The van der Waals surface area contributed by atoms with Gasteiger partial charge in [0.05, 0.1) is 12.2 Å². The van der Waals surface area contributed by atoms with E-state index in [-0.39, 0.29) is 24.2 Å². The fourth-order valence-corrected chi connectivity index (χ4v) is 4.45. The van der Waals surface area contributed by atoms with Crippen LogP contribution in [-0.2, 0) is 11.3 Å². The second kappa shape index (κ2) is 8.51. The fourth-order valence-electron chi connectivity index (χ4n) is 4.45. The molecule has 2 fully saturated rings. The molecule has 4 atom stereocenters. The Morgan fingerprint density at radius 3 is 2.42 bits per heavy atom. The zero-order valence-corrected chi connectivity index (χ0v) is 16.4. The van der Waals surface area contributed by atoms with E-state index in [0.717, 1.165) is 44.6 Å². The molecule has 0 aromatic heterocycles. The molecule has 0 saturated carbocycles. The molecule has 1 aromatic rings. The number of benzene rings is 1. The first kappa shape index (κ1) is 19.3. The van der Waals surface area contributed by atoms with Crippen molar-refractivity contribution in [1.29, 1.82) is 0 Å². The molecule has 0 unspecified atom stereocenters. The molecule has 2 saturated heterocycles. The third-order valence-corrected chi connectivity index (χ3v) is 5.72. The molecule has 2 aliphatic rings. The summed E-state index contributed by atoms with van der Waals surface area (Å²) in [4.78, 5) is 17.3. The summed E-state index contributed by atoms with van der Waals surface area (Å²) in [7, 11) is 0. The van der Waals surface area contributed by atoms with Gasteiger partial charge in [-0.3, -0.25) is 9.69 Å². The zero-order chi connectivity index (χ0) is 18.7. The molecule has 0 aliphatic carbocycles. The smallest absolute Gasteiger partial charge is 0.254 e. The average molecular weight is 360 g/mol. The highest BCUT2D eigenvalue weighted by Crippen LogP contribution is 2.24. The molecule has 1 amide bonds. The van der Waals surface area contributed by atoms with Gasteiger partial charge in [0.2, 0.25) is 0 Å². The van der Waals surface area contributed by atoms with Crippen LogP contribution in [0.1, 0.15) is 49.5 Å². The van der Waals surface area contributed by atoms with Crippen molar-refractivity contribution in [1.82, 2.24) is 9.80 Å². The SMILES string of the molecule is C[C@@H]1CN(Cc2ccc(C(=O)N3CCC[C@H](C)[C@H]3CN)cc2)C[C@H](C)O1. The van der Waals surface area contributed by atoms with Crippen molar-refractivity contribution >= 4 is 5.91 Å². The number of amides is 1. The molecular weight excluding hydrogens is 326 g/mol. The Balaban J connectivity index is 1.64. The Labute approximate surface area is 157 Å². The number of likely N-dealkylation sites (tertiary alicyclic amines) is 1. The lowest BCUT2D eigenvalue weighted by Crippen LogP contribution is -2.51. The third kappa shape index (κ3) is 4.45. The number of nitrogens with two attached hydrogens (primary N) is 1. The number of hydrogen-bond donors (Lipinski definition) is 1. The highest BCUT2D eigenvalue weighted by Gasteiger charge is 2.31. The maximum Gasteiger partial charge on any atom is 0.254 e. The van der Waals surface area contributed by atoms with E-state index < -0.39 is 0 Å². The van der Waals surface area contributed by atoms with E-state index in [1.807, 2.05) is 17.0 Å². The first-order valence-electron chi connectivity index (χ1n) is 9.95. The van der Waals surface area contributed by atoms with Crippen LogP contribution in [0.3, 0.4) is 0 Å². The standard InChI is InChI=1S/C21H33N3O2/c1-15-5-4-10-24(20(15)11-22)21(25)19-8-6-18(7-9-19)14-23-12-16(2)26-17(3)13-23/h6-9,15-17,20H,4-5,10-14,22H2,1-3H3/t15-,16-,17+,20+/m0/s1. The molecule has 0 radical (unpaired) electrons. The van der Waals surface area contributed by atoms with E-state index in [4.69, 9.17) is 10.5 Å². The average Bonchev–Trinajstić information content (AvgIpc) is 2.60. The predicted molar refractivity (Wildman–Crippen MR) is 104 cm³/mol. The molecule has 0 spiro atoms. The van der Waals surface area contributed by atoms with Gasteiger partial charge in [-0.2, -0.15) is 0 Å². The minimum absolute atomic E-state index is 0.118. The van der Waals surface area contributed by atoms with Gasteiger partial charge in [0.15, 0.2) is 0 Å². The summed E-state index contributed by atoms with van der Waals surface area (Å²) in [6.07, 6.45) is 2.76. The number of hydrogen-bond acceptors (Lipinski definition) is 4. The molecule has 26 heavy (non-hydrogen) atoms. The number of nitrogens with zero attached hydrogens (tertiary/aromatic N) is 2. The van der Waals surface area contributed by atoms with Gasteiger partial charge in [-0.15, -0.1) is 0 Å². The Bertz CT molecular complexity index is 594. The highest BCUT2D eigenvalue weighted by molar-refractivity contribution is 5.94. The molecule has 1 aromatic carbocycles. The molecular formula is C21H33N3O2. The van der Waals surface area contributed by atoms with Crippen LogP contribution in [0, 0.1) is 5.92 Å². The van der Waals surface area contributed by atoms with E-state index >= 15 is 0 Å². The van der Waals surface area contributed by atoms with Crippen molar-refractivity contribution in [2.45, 2.75) is 58.4 Å². The largest absolute Gasteiger partial charge is 0.373 e. The lowest BCUT2D eigenvalue weighted by Gasteiger charge is -2.39. The number of piperidine rings is 1. The van der Waals surface area contributed by atoms with E-state index in [1.54, 1.807) is 0 Å². The van der Waals surface area contributed by atoms with E-state index in [9.17, 15) is 4.79 Å². The second-order valence-corrected chi connectivity index (χ2v) is 8.07. The van der Waals surface area contributed by atoms with Gasteiger partial charge in [-0.1, -0.05) is 19.1 Å². The topological polar surface area (TPSA) is 58.8 Å². The summed E-state index contributed by atoms with van der Waals surface area (Å²) >= 11 is 0. The Hall–Kier alpha value is -1.43. The normalized spacial score (nSPS) is 30.4. The van der Waals surface area contributed by atoms with Crippen LogP contribution in [0.4, 0.5) is 0 Å². The molecule has 2 aliphatic heterocycles. The number of carbonyl (C=O) groups excluding carboxylic acids is 1. The van der Waals surface area contributed by atoms with Gasteiger partial charge in [0.25, 0.3) is 5.91 Å². The quantitative estimate of drug-likeness (QED) is 0.897. The van der Waals surface area contributed by atoms with Crippen LogP contribution in [0.2, 0.25) is 0 Å². The lowest BCUT2D eigenvalue weighted by atomic mass is 9.90. The van der Waals surface area contributed by atoms with Gasteiger partial charge < -0.3 is 15.4 Å². The van der Waals surface area contributed by atoms with E-state index in [1.165, 1.54) is 5.56 Å². The van der Waals surface area contributed by atoms with Crippen LogP contribution in [-0.4, -0.2) is 60.1 Å². The molecule has 144 valence electrons.